The second-order valence-corrected chi connectivity index (χ2v) is 5.37. The highest BCUT2D eigenvalue weighted by atomic mass is 16.3. The number of aliphatic hydroxyl groups is 1. The molecule has 1 aliphatic carbocycles. The van der Waals surface area contributed by atoms with Crippen molar-refractivity contribution >= 4 is 11.4 Å². The van der Waals surface area contributed by atoms with Crippen LogP contribution in [0.15, 0.2) is 24.3 Å². The van der Waals surface area contributed by atoms with Crippen LogP contribution in [-0.2, 0) is 0 Å². The predicted octanol–water partition coefficient (Wildman–Crippen LogP) is 2.86. The van der Waals surface area contributed by atoms with E-state index in [9.17, 15) is 5.11 Å². The minimum Gasteiger partial charge on any atom is -0.391 e. The van der Waals surface area contributed by atoms with Crippen molar-refractivity contribution in [3.8, 4) is 0 Å². The summed E-state index contributed by atoms with van der Waals surface area (Å²) in [6, 6.07) is 8.47. The highest BCUT2D eigenvalue weighted by Gasteiger charge is 2.22. The van der Waals surface area contributed by atoms with Gasteiger partial charge in [0.2, 0.25) is 0 Å². The summed E-state index contributed by atoms with van der Waals surface area (Å²) in [5.41, 5.74) is 2.29. The fraction of sp³-hybridized carbons (Fsp3) is 0.600. The minimum atomic E-state index is -0.220. The molecule has 0 radical (unpaired) electrons. The van der Waals surface area contributed by atoms with Crippen molar-refractivity contribution < 1.29 is 5.11 Å². The van der Waals surface area contributed by atoms with Gasteiger partial charge in [0.1, 0.15) is 0 Å². The van der Waals surface area contributed by atoms with Gasteiger partial charge in [0.25, 0.3) is 0 Å². The summed E-state index contributed by atoms with van der Waals surface area (Å²) in [4.78, 5) is 2.10. The first-order chi connectivity index (χ1) is 8.68. The number of hydrogen-bond acceptors (Lipinski definition) is 3. The van der Waals surface area contributed by atoms with Crippen molar-refractivity contribution in [2.24, 2.45) is 0 Å². The van der Waals surface area contributed by atoms with Gasteiger partial charge < -0.3 is 15.3 Å². The van der Waals surface area contributed by atoms with Crippen LogP contribution in [0.4, 0.5) is 11.4 Å². The van der Waals surface area contributed by atoms with Gasteiger partial charge in [-0.1, -0.05) is 31.4 Å². The molecule has 3 nitrogen and oxygen atoms in total. The molecule has 1 aromatic carbocycles. The summed E-state index contributed by atoms with van der Waals surface area (Å²) in [6.07, 6.45) is 5.35. The van der Waals surface area contributed by atoms with E-state index in [2.05, 4.69) is 22.3 Å². The van der Waals surface area contributed by atoms with E-state index in [-0.39, 0.29) is 12.1 Å². The van der Waals surface area contributed by atoms with Crippen LogP contribution >= 0.6 is 0 Å². The number of aliphatic hydroxyl groups excluding tert-OH is 1. The van der Waals surface area contributed by atoms with E-state index >= 15 is 0 Å². The normalized spacial score (nSPS) is 24.4. The van der Waals surface area contributed by atoms with Gasteiger partial charge in [0.15, 0.2) is 0 Å². The Morgan fingerprint density at radius 3 is 2.61 bits per heavy atom. The Balaban J connectivity index is 2.12. The van der Waals surface area contributed by atoms with Crippen LogP contribution in [0.3, 0.4) is 0 Å². The highest BCUT2D eigenvalue weighted by molar-refractivity contribution is 5.69. The lowest BCUT2D eigenvalue weighted by atomic mass is 10.1. The second-order valence-electron chi connectivity index (χ2n) is 5.37. The first-order valence-electron chi connectivity index (χ1n) is 6.89. The number of anilines is 2. The van der Waals surface area contributed by atoms with Crippen LogP contribution in [0.1, 0.15) is 32.1 Å². The Bertz CT molecular complexity index is 379. The van der Waals surface area contributed by atoms with Gasteiger partial charge >= 0.3 is 0 Å². The van der Waals surface area contributed by atoms with E-state index in [0.29, 0.717) is 0 Å². The number of benzene rings is 1. The molecule has 2 rings (SSSR count). The molecule has 0 amide bonds. The van der Waals surface area contributed by atoms with Crippen molar-refractivity contribution in [2.45, 2.75) is 44.2 Å². The number of rotatable bonds is 3. The maximum Gasteiger partial charge on any atom is 0.0741 e. The fourth-order valence-corrected chi connectivity index (χ4v) is 2.64. The Morgan fingerprint density at radius 1 is 1.11 bits per heavy atom. The Labute approximate surface area is 110 Å². The molecule has 0 spiro atoms. The van der Waals surface area contributed by atoms with Crippen LogP contribution < -0.4 is 10.2 Å². The number of para-hydroxylation sites is 2. The van der Waals surface area contributed by atoms with Gasteiger partial charge in [0.05, 0.1) is 23.5 Å². The molecule has 1 saturated carbocycles. The zero-order valence-electron chi connectivity index (χ0n) is 11.4. The molecule has 2 unspecified atom stereocenters. The largest absolute Gasteiger partial charge is 0.391 e. The molecule has 18 heavy (non-hydrogen) atoms. The summed E-state index contributed by atoms with van der Waals surface area (Å²) in [5.74, 6) is 0. The van der Waals surface area contributed by atoms with E-state index in [0.717, 1.165) is 24.9 Å². The van der Waals surface area contributed by atoms with Crippen LogP contribution in [-0.4, -0.2) is 31.3 Å². The van der Waals surface area contributed by atoms with E-state index in [1.165, 1.54) is 18.5 Å². The SMILES string of the molecule is CN(C)c1ccccc1NC1CCCCCC1O. The zero-order chi connectivity index (χ0) is 13.0. The van der Waals surface area contributed by atoms with Gasteiger partial charge in [-0.15, -0.1) is 0 Å². The lowest BCUT2D eigenvalue weighted by molar-refractivity contribution is 0.144. The Morgan fingerprint density at radius 2 is 1.83 bits per heavy atom. The van der Waals surface area contributed by atoms with Gasteiger partial charge in [-0.2, -0.15) is 0 Å². The molecular formula is C15H24N2O. The second kappa shape index (κ2) is 6.10. The molecule has 100 valence electrons. The maximum atomic E-state index is 10.2. The molecule has 0 bridgehead atoms. The smallest absolute Gasteiger partial charge is 0.0741 e. The summed E-state index contributed by atoms with van der Waals surface area (Å²) in [7, 11) is 4.09. The van der Waals surface area contributed by atoms with E-state index < -0.39 is 0 Å². The molecule has 1 fully saturated rings. The Kier molecular flexibility index (Phi) is 4.48. The highest BCUT2D eigenvalue weighted by Crippen LogP contribution is 2.27. The Hall–Kier alpha value is -1.22. The predicted molar refractivity (Wildman–Crippen MR) is 77.3 cm³/mol. The van der Waals surface area contributed by atoms with E-state index in [4.69, 9.17) is 0 Å². The van der Waals surface area contributed by atoms with E-state index in [1.54, 1.807) is 0 Å². The molecule has 0 aliphatic heterocycles. The van der Waals surface area contributed by atoms with Crippen LogP contribution in [0.5, 0.6) is 0 Å². The monoisotopic (exact) mass is 248 g/mol. The average Bonchev–Trinajstić information content (AvgIpc) is 2.55. The third-order valence-electron chi connectivity index (χ3n) is 3.71. The summed E-state index contributed by atoms with van der Waals surface area (Å²) < 4.78 is 0. The summed E-state index contributed by atoms with van der Waals surface area (Å²) in [6.45, 7) is 0. The summed E-state index contributed by atoms with van der Waals surface area (Å²) in [5, 5.41) is 13.7. The van der Waals surface area contributed by atoms with Gasteiger partial charge in [-0.25, -0.2) is 0 Å². The van der Waals surface area contributed by atoms with Crippen LogP contribution in [0.25, 0.3) is 0 Å². The third-order valence-corrected chi connectivity index (χ3v) is 3.71. The van der Waals surface area contributed by atoms with Gasteiger partial charge in [-0.05, 0) is 25.0 Å². The molecule has 0 heterocycles. The minimum absolute atomic E-state index is 0.189. The first kappa shape index (κ1) is 13.2. The van der Waals surface area contributed by atoms with Crippen molar-refractivity contribution in [3.63, 3.8) is 0 Å². The van der Waals surface area contributed by atoms with Crippen molar-refractivity contribution in [1.82, 2.24) is 0 Å². The lowest BCUT2D eigenvalue weighted by Gasteiger charge is -2.26. The number of hydrogen-bond donors (Lipinski definition) is 2. The van der Waals surface area contributed by atoms with Gasteiger partial charge in [-0.3, -0.25) is 0 Å². The fourth-order valence-electron chi connectivity index (χ4n) is 2.64. The lowest BCUT2D eigenvalue weighted by Crippen LogP contribution is -2.33. The zero-order valence-corrected chi connectivity index (χ0v) is 11.4. The number of nitrogens with zero attached hydrogens (tertiary/aromatic N) is 1. The molecule has 2 N–H and O–H groups in total. The van der Waals surface area contributed by atoms with Crippen molar-refractivity contribution in [1.29, 1.82) is 0 Å². The quantitative estimate of drug-likeness (QED) is 0.807. The van der Waals surface area contributed by atoms with E-state index in [1.807, 2.05) is 26.2 Å². The molecule has 3 heteroatoms. The maximum absolute atomic E-state index is 10.2. The van der Waals surface area contributed by atoms with Crippen molar-refractivity contribution in [2.75, 3.05) is 24.3 Å². The molecular weight excluding hydrogens is 224 g/mol. The average molecular weight is 248 g/mol. The molecule has 0 saturated heterocycles. The summed E-state index contributed by atoms with van der Waals surface area (Å²) >= 11 is 0. The van der Waals surface area contributed by atoms with Gasteiger partial charge in [0, 0.05) is 14.1 Å². The first-order valence-corrected chi connectivity index (χ1v) is 6.89. The molecule has 1 aromatic rings. The van der Waals surface area contributed by atoms with Crippen molar-refractivity contribution in [3.05, 3.63) is 24.3 Å². The number of nitrogens with one attached hydrogen (secondary N) is 1. The topological polar surface area (TPSA) is 35.5 Å². The molecule has 2 atom stereocenters. The van der Waals surface area contributed by atoms with Crippen LogP contribution in [0.2, 0.25) is 0 Å². The third kappa shape index (κ3) is 3.16. The molecule has 0 aromatic heterocycles. The molecule has 1 aliphatic rings. The standard InChI is InChI=1S/C15H24N2O/c1-17(2)14-10-7-6-8-12(14)16-13-9-4-3-5-11-15(13)18/h6-8,10,13,15-16,18H,3-5,9,11H2,1-2H3. The van der Waals surface area contributed by atoms with Crippen LogP contribution in [0, 0.1) is 0 Å².